The predicted molar refractivity (Wildman–Crippen MR) is 79.9 cm³/mol. The van der Waals surface area contributed by atoms with Gasteiger partial charge < -0.3 is 5.11 Å². The molecule has 5 heteroatoms. The summed E-state index contributed by atoms with van der Waals surface area (Å²) < 4.78 is 0.911. The Bertz CT molecular complexity index is 660. The van der Waals surface area contributed by atoms with Gasteiger partial charge in [0, 0.05) is 26.3 Å². The summed E-state index contributed by atoms with van der Waals surface area (Å²) in [5.41, 5.74) is 3.41. The Morgan fingerprint density at radius 2 is 1.89 bits per heavy atom. The van der Waals surface area contributed by atoms with Crippen LogP contribution in [0, 0.1) is 0 Å². The summed E-state index contributed by atoms with van der Waals surface area (Å²) in [6.07, 6.45) is 2.49. The maximum atomic E-state index is 10.6. The number of aliphatic hydroxyl groups is 1. The first-order valence-corrected chi connectivity index (χ1v) is 7.41. The Balaban J connectivity index is 2.20. The molecule has 2 nitrogen and oxygen atoms in total. The number of halogens is 3. The first-order chi connectivity index (χ1) is 9.06. The Hall–Kier alpha value is -0.610. The van der Waals surface area contributed by atoms with Crippen molar-refractivity contribution in [2.24, 2.45) is 0 Å². The average molecular weight is 359 g/mol. The summed E-state index contributed by atoms with van der Waals surface area (Å²) in [7, 11) is 0. The molecule has 0 unspecified atom stereocenters. The molecular formula is C14H10BrCl2NO. The maximum absolute atomic E-state index is 10.6. The SMILES string of the molecule is O[C@H]1c2ncc(Br)cc2CCc2cc(Cl)cc(Cl)c21. The first kappa shape index (κ1) is 13.4. The van der Waals surface area contributed by atoms with Gasteiger partial charge in [-0.25, -0.2) is 0 Å². The van der Waals surface area contributed by atoms with Gasteiger partial charge in [-0.2, -0.15) is 0 Å². The number of hydrogen-bond donors (Lipinski definition) is 1. The molecule has 0 fully saturated rings. The normalized spacial score (nSPS) is 17.6. The van der Waals surface area contributed by atoms with Crippen LogP contribution in [0.25, 0.3) is 0 Å². The fourth-order valence-corrected chi connectivity index (χ4v) is 3.51. The van der Waals surface area contributed by atoms with E-state index in [4.69, 9.17) is 23.2 Å². The van der Waals surface area contributed by atoms with Crippen LogP contribution < -0.4 is 0 Å². The lowest BCUT2D eigenvalue weighted by atomic mass is 10.0. The lowest BCUT2D eigenvalue weighted by Crippen LogP contribution is -2.06. The number of hydrogen-bond acceptors (Lipinski definition) is 2. The number of aryl methyl sites for hydroxylation is 2. The van der Waals surface area contributed by atoms with Crippen molar-refractivity contribution in [2.75, 3.05) is 0 Å². The molecule has 98 valence electrons. The lowest BCUT2D eigenvalue weighted by Gasteiger charge is -2.15. The van der Waals surface area contributed by atoms with Gasteiger partial charge in [-0.15, -0.1) is 0 Å². The third-order valence-corrected chi connectivity index (χ3v) is 4.31. The van der Waals surface area contributed by atoms with Gasteiger partial charge >= 0.3 is 0 Å². The number of nitrogens with zero attached hydrogens (tertiary/aromatic N) is 1. The Morgan fingerprint density at radius 3 is 2.68 bits per heavy atom. The largest absolute Gasteiger partial charge is 0.382 e. The van der Waals surface area contributed by atoms with Crippen molar-refractivity contribution in [3.8, 4) is 0 Å². The number of aliphatic hydroxyl groups excluding tert-OH is 1. The summed E-state index contributed by atoms with van der Waals surface area (Å²) in [5, 5.41) is 11.6. The van der Waals surface area contributed by atoms with Crippen molar-refractivity contribution >= 4 is 39.1 Å². The van der Waals surface area contributed by atoms with Crippen LogP contribution in [0.3, 0.4) is 0 Å². The Labute approximate surface area is 129 Å². The number of fused-ring (bicyclic) bond motifs is 2. The third kappa shape index (κ3) is 2.40. The molecule has 1 atom stereocenters. The summed E-state index contributed by atoms with van der Waals surface area (Å²) in [6, 6.07) is 5.52. The van der Waals surface area contributed by atoms with Crippen LogP contribution in [-0.4, -0.2) is 10.1 Å². The topological polar surface area (TPSA) is 33.1 Å². The minimum Gasteiger partial charge on any atom is -0.382 e. The van der Waals surface area contributed by atoms with E-state index in [2.05, 4.69) is 20.9 Å². The van der Waals surface area contributed by atoms with Gasteiger partial charge in [-0.1, -0.05) is 23.2 Å². The first-order valence-electron chi connectivity index (χ1n) is 5.86. The molecule has 0 amide bonds. The van der Waals surface area contributed by atoms with E-state index in [1.54, 1.807) is 12.3 Å². The second kappa shape index (κ2) is 5.06. The smallest absolute Gasteiger partial charge is 0.123 e. The zero-order valence-corrected chi connectivity index (χ0v) is 12.9. The molecule has 0 bridgehead atoms. The fourth-order valence-electron chi connectivity index (χ4n) is 2.50. The highest BCUT2D eigenvalue weighted by Crippen LogP contribution is 2.37. The number of pyridine rings is 1. The Kier molecular flexibility index (Phi) is 3.56. The van der Waals surface area contributed by atoms with Crippen molar-refractivity contribution in [1.82, 2.24) is 4.98 Å². The van der Waals surface area contributed by atoms with E-state index in [9.17, 15) is 5.11 Å². The molecule has 0 spiro atoms. The minimum atomic E-state index is -0.801. The third-order valence-electron chi connectivity index (χ3n) is 3.34. The highest BCUT2D eigenvalue weighted by molar-refractivity contribution is 9.10. The second-order valence-electron chi connectivity index (χ2n) is 4.56. The molecule has 0 saturated heterocycles. The molecular weight excluding hydrogens is 349 g/mol. The summed E-state index contributed by atoms with van der Waals surface area (Å²) in [6.45, 7) is 0. The molecule has 3 rings (SSSR count). The minimum absolute atomic E-state index is 0.493. The lowest BCUT2D eigenvalue weighted by molar-refractivity contribution is 0.214. The van der Waals surface area contributed by atoms with E-state index < -0.39 is 6.10 Å². The molecule has 2 aromatic rings. The van der Waals surface area contributed by atoms with Crippen LogP contribution in [0.1, 0.15) is 28.5 Å². The predicted octanol–water partition coefficient (Wildman–Crippen LogP) is 4.33. The number of benzene rings is 1. The van der Waals surface area contributed by atoms with Crippen molar-refractivity contribution in [3.63, 3.8) is 0 Å². The monoisotopic (exact) mass is 357 g/mol. The van der Waals surface area contributed by atoms with Crippen LogP contribution in [-0.2, 0) is 12.8 Å². The summed E-state index contributed by atoms with van der Waals surface area (Å²) in [4.78, 5) is 4.33. The molecule has 1 aliphatic carbocycles. The van der Waals surface area contributed by atoms with Gasteiger partial charge in [0.25, 0.3) is 0 Å². The van der Waals surface area contributed by atoms with Crippen LogP contribution in [0.15, 0.2) is 28.9 Å². The van der Waals surface area contributed by atoms with Gasteiger partial charge in [-0.3, -0.25) is 4.98 Å². The quantitative estimate of drug-likeness (QED) is 0.760. The highest BCUT2D eigenvalue weighted by Gasteiger charge is 2.25. The van der Waals surface area contributed by atoms with Crippen molar-refractivity contribution in [2.45, 2.75) is 18.9 Å². The van der Waals surface area contributed by atoms with E-state index in [1.165, 1.54) is 0 Å². The van der Waals surface area contributed by atoms with E-state index in [-0.39, 0.29) is 0 Å². The van der Waals surface area contributed by atoms with Crippen LogP contribution in [0.4, 0.5) is 0 Å². The van der Waals surface area contributed by atoms with Crippen molar-refractivity contribution in [3.05, 3.63) is 61.3 Å². The molecule has 1 aromatic heterocycles. The molecule has 1 heterocycles. The Morgan fingerprint density at radius 1 is 1.16 bits per heavy atom. The van der Waals surface area contributed by atoms with Crippen molar-refractivity contribution in [1.29, 1.82) is 0 Å². The number of aromatic nitrogens is 1. The van der Waals surface area contributed by atoms with Gasteiger partial charge in [0.15, 0.2) is 0 Å². The maximum Gasteiger partial charge on any atom is 0.123 e. The van der Waals surface area contributed by atoms with Gasteiger partial charge in [0.1, 0.15) is 6.10 Å². The summed E-state index contributed by atoms with van der Waals surface area (Å²) in [5.74, 6) is 0. The molecule has 1 aliphatic rings. The van der Waals surface area contributed by atoms with Gasteiger partial charge in [0.05, 0.1) is 5.69 Å². The van der Waals surface area contributed by atoms with Crippen LogP contribution in [0.5, 0.6) is 0 Å². The molecule has 0 saturated carbocycles. The van der Waals surface area contributed by atoms with E-state index in [0.717, 1.165) is 34.0 Å². The molecule has 1 N–H and O–H groups in total. The zero-order valence-electron chi connectivity index (χ0n) is 9.83. The van der Waals surface area contributed by atoms with Gasteiger partial charge in [0.2, 0.25) is 0 Å². The molecule has 1 aromatic carbocycles. The molecule has 19 heavy (non-hydrogen) atoms. The fraction of sp³-hybridized carbons (Fsp3) is 0.214. The summed E-state index contributed by atoms with van der Waals surface area (Å²) >= 11 is 15.7. The standard InChI is InChI=1S/C14H10BrCl2NO/c15-9-3-8-2-1-7-4-10(16)5-11(17)12(7)14(19)13(8)18-6-9/h3-6,14,19H,1-2H2/t14-/m1/s1. The highest BCUT2D eigenvalue weighted by atomic mass is 79.9. The average Bonchev–Trinajstić information content (AvgIpc) is 2.47. The molecule has 0 aliphatic heterocycles. The molecule has 0 radical (unpaired) electrons. The van der Waals surface area contributed by atoms with Gasteiger partial charge in [-0.05, 0) is 58.1 Å². The van der Waals surface area contributed by atoms with E-state index in [1.807, 2.05) is 12.1 Å². The van der Waals surface area contributed by atoms with Crippen LogP contribution >= 0.6 is 39.1 Å². The van der Waals surface area contributed by atoms with E-state index >= 15 is 0 Å². The zero-order chi connectivity index (χ0) is 13.6. The number of rotatable bonds is 0. The second-order valence-corrected chi connectivity index (χ2v) is 6.32. The van der Waals surface area contributed by atoms with Crippen molar-refractivity contribution < 1.29 is 5.11 Å². The van der Waals surface area contributed by atoms with Crippen LogP contribution in [0.2, 0.25) is 10.0 Å². The van der Waals surface area contributed by atoms with E-state index in [0.29, 0.717) is 15.7 Å².